The van der Waals surface area contributed by atoms with Crippen molar-refractivity contribution in [3.63, 3.8) is 0 Å². The Morgan fingerprint density at radius 1 is 1.10 bits per heavy atom. The first-order valence-electron chi connectivity index (χ1n) is 17.2. The molecule has 51 heavy (non-hydrogen) atoms. The zero-order valence-corrected chi connectivity index (χ0v) is 30.6. The molecule has 2 heterocycles. The van der Waals surface area contributed by atoms with Gasteiger partial charge in [-0.3, -0.25) is 4.79 Å². The molecule has 3 aromatic carbocycles. The average molecular weight is 721 g/mol. The number of aliphatic hydroxyl groups is 1. The highest BCUT2D eigenvalue weighted by molar-refractivity contribution is 7.89. The van der Waals surface area contributed by atoms with Gasteiger partial charge >= 0.3 is 6.03 Å². The smallest absolute Gasteiger partial charge is 0.323 e. The highest BCUT2D eigenvalue weighted by Crippen LogP contribution is 2.29. The topological polar surface area (TPSA) is 155 Å². The fourth-order valence-electron chi connectivity index (χ4n) is 6.12. The summed E-state index contributed by atoms with van der Waals surface area (Å²) in [6, 6.07) is 17.3. The maximum atomic E-state index is 14.5. The number of amides is 3. The number of hydrogen-bond donors (Lipinski definition) is 3. The fraction of sp³-hybridized carbons (Fsp3) is 0.432. The molecule has 0 radical (unpaired) electrons. The van der Waals surface area contributed by atoms with Gasteiger partial charge in [0.05, 0.1) is 42.4 Å². The summed E-state index contributed by atoms with van der Waals surface area (Å²) in [4.78, 5) is 33.2. The number of sulfonamides is 1. The quantitative estimate of drug-likeness (QED) is 0.221. The Bertz CT molecular complexity index is 1930. The predicted octanol–water partition coefficient (Wildman–Crippen LogP) is 5.33. The number of imidazole rings is 1. The normalized spacial score (nSPS) is 19.9. The number of nitrogens with one attached hydrogen (secondary N) is 2. The summed E-state index contributed by atoms with van der Waals surface area (Å²) in [7, 11) is -0.703. The van der Waals surface area contributed by atoms with Crippen molar-refractivity contribution in [3.05, 3.63) is 78.8 Å². The van der Waals surface area contributed by atoms with Gasteiger partial charge in [0.2, 0.25) is 0 Å². The molecule has 0 saturated heterocycles. The molecule has 0 bridgehead atoms. The number of hydrogen-bond acceptors (Lipinski definition) is 8. The molecule has 0 fully saturated rings. The van der Waals surface area contributed by atoms with Crippen LogP contribution >= 0.6 is 0 Å². The first kappa shape index (κ1) is 37.7. The monoisotopic (exact) mass is 720 g/mol. The summed E-state index contributed by atoms with van der Waals surface area (Å²) in [5.41, 5.74) is 1.25. The number of fused-ring (bicyclic) bond motifs is 2. The first-order valence-corrected chi connectivity index (χ1v) is 18.7. The largest absolute Gasteiger partial charge is 0.490 e. The molecule has 3 N–H and O–H groups in total. The molecule has 3 amide bonds. The van der Waals surface area contributed by atoms with Crippen LogP contribution in [0.1, 0.15) is 50.4 Å². The minimum Gasteiger partial charge on any atom is -0.490 e. The van der Waals surface area contributed by atoms with Gasteiger partial charge in [0.15, 0.2) is 5.03 Å². The second kappa shape index (κ2) is 16.7. The molecule has 4 atom stereocenters. The SMILES string of the molecule is C[C@@H]1CCCCO[C@H](CN(C)S(=O)(=O)c2cn(C)cn2)[C@H](C)CN([C@@H](C)CO)C(=O)c2cc(NC(=O)Nc3cccc4ccccc34)ccc2O1. The van der Waals surface area contributed by atoms with Crippen molar-refractivity contribution in [1.29, 1.82) is 0 Å². The van der Waals surface area contributed by atoms with Crippen LogP contribution in [0.15, 0.2) is 78.2 Å². The average Bonchev–Trinajstić information content (AvgIpc) is 3.56. The predicted molar refractivity (Wildman–Crippen MR) is 196 cm³/mol. The highest BCUT2D eigenvalue weighted by atomic mass is 32.2. The number of benzene rings is 3. The van der Waals surface area contributed by atoms with Crippen molar-refractivity contribution in [2.45, 2.75) is 63.3 Å². The number of aromatic nitrogens is 2. The van der Waals surface area contributed by atoms with Crippen LogP contribution in [0.5, 0.6) is 5.75 Å². The molecular weight excluding hydrogens is 673 g/mol. The molecule has 0 spiro atoms. The van der Waals surface area contributed by atoms with Crippen molar-refractivity contribution in [1.82, 2.24) is 18.8 Å². The van der Waals surface area contributed by atoms with Gasteiger partial charge in [-0.05, 0) is 62.8 Å². The lowest BCUT2D eigenvalue weighted by atomic mass is 10.0. The summed E-state index contributed by atoms with van der Waals surface area (Å²) in [5.74, 6) is -0.390. The summed E-state index contributed by atoms with van der Waals surface area (Å²) < 4.78 is 42.1. The number of likely N-dealkylation sites (N-methyl/N-ethyl adjacent to an activating group) is 1. The molecule has 1 aliphatic heterocycles. The van der Waals surface area contributed by atoms with E-state index in [1.807, 2.05) is 56.3 Å². The molecule has 274 valence electrons. The van der Waals surface area contributed by atoms with Crippen molar-refractivity contribution in [2.24, 2.45) is 13.0 Å². The maximum Gasteiger partial charge on any atom is 0.323 e. The van der Waals surface area contributed by atoms with E-state index in [0.29, 0.717) is 30.2 Å². The first-order chi connectivity index (χ1) is 24.4. The maximum absolute atomic E-state index is 14.5. The van der Waals surface area contributed by atoms with E-state index in [9.17, 15) is 23.1 Å². The van der Waals surface area contributed by atoms with Crippen LogP contribution in [0.2, 0.25) is 0 Å². The Hall–Kier alpha value is -4.50. The van der Waals surface area contributed by atoms with E-state index < -0.39 is 34.1 Å². The number of anilines is 2. The third-order valence-corrected chi connectivity index (χ3v) is 10.8. The van der Waals surface area contributed by atoms with Crippen molar-refractivity contribution in [3.8, 4) is 5.75 Å². The molecule has 1 aromatic heterocycles. The Morgan fingerprint density at radius 3 is 2.61 bits per heavy atom. The lowest BCUT2D eigenvalue weighted by molar-refractivity contribution is -0.00835. The number of rotatable bonds is 8. The van der Waals surface area contributed by atoms with E-state index >= 15 is 0 Å². The van der Waals surface area contributed by atoms with Crippen molar-refractivity contribution >= 4 is 44.1 Å². The molecule has 1 aliphatic rings. The van der Waals surface area contributed by atoms with Gasteiger partial charge < -0.3 is 34.7 Å². The van der Waals surface area contributed by atoms with Gasteiger partial charge in [-0.2, -0.15) is 4.31 Å². The zero-order valence-electron chi connectivity index (χ0n) is 29.8. The second-order valence-corrected chi connectivity index (χ2v) is 15.3. The standard InChI is InChI=1S/C37H48N6O7S/c1-25-20-43(26(2)23-44)36(45)31-19-29(39-37(46)40-32-15-10-13-28-12-6-7-14-30(28)32)16-17-33(31)50-27(3)11-8-9-18-49-34(25)21-42(5)51(47,48)35-22-41(4)24-38-35/h6-7,10,12-17,19,22,24-27,34,44H,8-9,11,18,20-21,23H2,1-5H3,(H2,39,40,46)/t25-,26+,27-,34-/m1/s1. The zero-order chi connectivity index (χ0) is 36.7. The minimum absolute atomic E-state index is 0.0333. The van der Waals surface area contributed by atoms with Gasteiger partial charge in [0, 0.05) is 57.0 Å². The molecule has 0 aliphatic carbocycles. The third-order valence-electron chi connectivity index (χ3n) is 9.14. The summed E-state index contributed by atoms with van der Waals surface area (Å²) in [5, 5.41) is 17.8. The minimum atomic E-state index is -3.90. The lowest BCUT2D eigenvalue weighted by Gasteiger charge is -2.35. The molecule has 5 rings (SSSR count). The number of aliphatic hydroxyl groups excluding tert-OH is 1. The van der Waals surface area contributed by atoms with Crippen LogP contribution in [-0.2, 0) is 21.8 Å². The number of carbonyl (C=O) groups is 2. The Labute approximate surface area is 299 Å². The van der Waals surface area contributed by atoms with Crippen LogP contribution in [0, 0.1) is 5.92 Å². The van der Waals surface area contributed by atoms with Gasteiger partial charge in [-0.1, -0.05) is 43.3 Å². The van der Waals surface area contributed by atoms with Gasteiger partial charge in [-0.25, -0.2) is 18.2 Å². The molecule has 14 heteroatoms. The van der Waals surface area contributed by atoms with E-state index in [1.54, 1.807) is 41.6 Å². The summed E-state index contributed by atoms with van der Waals surface area (Å²) in [6.07, 6.45) is 4.28. The Balaban J connectivity index is 1.41. The van der Waals surface area contributed by atoms with Crippen LogP contribution in [0.25, 0.3) is 10.8 Å². The molecular formula is C37H48N6O7S. The van der Waals surface area contributed by atoms with E-state index in [2.05, 4.69) is 15.6 Å². The second-order valence-electron chi connectivity index (χ2n) is 13.3. The number of carbonyl (C=O) groups excluding carboxylic acids is 2. The Morgan fingerprint density at radius 2 is 1.86 bits per heavy atom. The third kappa shape index (κ3) is 9.25. The molecule has 13 nitrogen and oxygen atoms in total. The molecule has 4 aromatic rings. The van der Waals surface area contributed by atoms with Crippen LogP contribution in [-0.4, -0.2) is 95.8 Å². The van der Waals surface area contributed by atoms with Gasteiger partial charge in [0.25, 0.3) is 15.9 Å². The van der Waals surface area contributed by atoms with E-state index in [0.717, 1.165) is 23.6 Å². The molecule has 0 saturated carbocycles. The molecule has 0 unspecified atom stereocenters. The number of aryl methyl sites for hydroxylation is 1. The van der Waals surface area contributed by atoms with Crippen LogP contribution in [0.4, 0.5) is 16.2 Å². The lowest BCUT2D eigenvalue weighted by Crippen LogP contribution is -2.48. The van der Waals surface area contributed by atoms with E-state index in [1.165, 1.54) is 23.9 Å². The van der Waals surface area contributed by atoms with Crippen molar-refractivity contribution < 1.29 is 32.6 Å². The number of ether oxygens (including phenoxy) is 2. The van der Waals surface area contributed by atoms with Gasteiger partial charge in [0.1, 0.15) is 5.75 Å². The fourth-order valence-corrected chi connectivity index (χ4v) is 7.26. The van der Waals surface area contributed by atoms with E-state index in [4.69, 9.17) is 9.47 Å². The highest BCUT2D eigenvalue weighted by Gasteiger charge is 2.33. The van der Waals surface area contributed by atoms with E-state index in [-0.39, 0.29) is 42.3 Å². The summed E-state index contributed by atoms with van der Waals surface area (Å²) in [6.45, 7) is 5.84. The Kier molecular flexibility index (Phi) is 12.3. The van der Waals surface area contributed by atoms with Gasteiger partial charge in [-0.15, -0.1) is 0 Å². The summed E-state index contributed by atoms with van der Waals surface area (Å²) >= 11 is 0. The number of nitrogens with zero attached hydrogens (tertiary/aromatic N) is 4. The van der Waals surface area contributed by atoms with Crippen molar-refractivity contribution in [2.75, 3.05) is 44.0 Å². The van der Waals surface area contributed by atoms with Crippen LogP contribution < -0.4 is 15.4 Å². The van der Waals surface area contributed by atoms with Crippen LogP contribution in [0.3, 0.4) is 0 Å². The number of urea groups is 1.